The van der Waals surface area contributed by atoms with Crippen LogP contribution in [0.25, 0.3) is 11.6 Å². The summed E-state index contributed by atoms with van der Waals surface area (Å²) in [5, 5.41) is 14.7. The van der Waals surface area contributed by atoms with Crippen molar-refractivity contribution < 1.29 is 22.0 Å². The second-order valence-corrected chi connectivity index (χ2v) is 9.73. The molecule has 1 N–H and O–H groups in total. The van der Waals surface area contributed by atoms with Gasteiger partial charge in [-0.25, -0.2) is 12.8 Å². The fourth-order valence-electron chi connectivity index (χ4n) is 3.59. The summed E-state index contributed by atoms with van der Waals surface area (Å²) in [7, 11) is -3.73. The minimum atomic E-state index is -3.73. The van der Waals surface area contributed by atoms with Gasteiger partial charge in [-0.05, 0) is 57.0 Å². The molecule has 1 aliphatic heterocycles. The first-order valence-electron chi connectivity index (χ1n) is 10.2. The normalized spacial score (nSPS) is 15.9. The Morgan fingerprint density at radius 1 is 1.16 bits per heavy atom. The van der Waals surface area contributed by atoms with Crippen molar-refractivity contribution in [2.75, 3.05) is 18.4 Å². The topological polar surface area (TPSA) is 123 Å². The zero-order valence-corrected chi connectivity index (χ0v) is 18.4. The summed E-state index contributed by atoms with van der Waals surface area (Å²) < 4.78 is 47.1. The van der Waals surface area contributed by atoms with Crippen molar-refractivity contribution in [1.29, 1.82) is 0 Å². The molecule has 170 valence electrons. The van der Waals surface area contributed by atoms with Gasteiger partial charge in [-0.1, -0.05) is 5.10 Å². The molecule has 12 heteroatoms. The predicted molar refractivity (Wildman–Crippen MR) is 112 cm³/mol. The number of rotatable bonds is 6. The quantitative estimate of drug-likeness (QED) is 0.597. The molecule has 3 heterocycles. The molecule has 0 aliphatic carbocycles. The number of amides is 1. The molecule has 0 saturated carbocycles. The highest BCUT2D eigenvalue weighted by Crippen LogP contribution is 2.26. The third-order valence-electron chi connectivity index (χ3n) is 5.31. The minimum absolute atomic E-state index is 0.0251. The molecule has 1 saturated heterocycles. The Hall–Kier alpha value is -3.12. The Morgan fingerprint density at radius 3 is 2.50 bits per heavy atom. The lowest BCUT2D eigenvalue weighted by Crippen LogP contribution is -2.41. The summed E-state index contributed by atoms with van der Waals surface area (Å²) in [6, 6.07) is 6.52. The number of nitrogens with one attached hydrogen (secondary N) is 1. The molecule has 3 aromatic rings. The molecule has 10 nitrogen and oxygen atoms in total. The van der Waals surface area contributed by atoms with Crippen molar-refractivity contribution in [2.45, 2.75) is 37.6 Å². The van der Waals surface area contributed by atoms with Gasteiger partial charge in [0.15, 0.2) is 0 Å². The third-order valence-corrected chi connectivity index (χ3v) is 7.22. The summed E-state index contributed by atoms with van der Waals surface area (Å²) in [4.78, 5) is 12.7. The molecular weight excluding hydrogens is 439 g/mol. The van der Waals surface area contributed by atoms with Gasteiger partial charge in [0.05, 0.1) is 4.90 Å². The van der Waals surface area contributed by atoms with E-state index in [1.165, 1.54) is 16.4 Å². The van der Waals surface area contributed by atoms with Crippen LogP contribution in [0.5, 0.6) is 0 Å². The zero-order valence-electron chi connectivity index (χ0n) is 17.6. The Kier molecular flexibility index (Phi) is 6.07. The maximum Gasteiger partial charge on any atom is 0.322 e. The maximum absolute atomic E-state index is 13.1. The van der Waals surface area contributed by atoms with Crippen LogP contribution in [0.2, 0.25) is 0 Å². The van der Waals surface area contributed by atoms with Crippen LogP contribution in [-0.2, 0) is 14.8 Å². The van der Waals surface area contributed by atoms with Crippen molar-refractivity contribution in [2.24, 2.45) is 5.92 Å². The first-order chi connectivity index (χ1) is 15.3. The van der Waals surface area contributed by atoms with Gasteiger partial charge in [-0.15, -0.1) is 5.10 Å². The van der Waals surface area contributed by atoms with Crippen LogP contribution in [0.15, 0.2) is 45.8 Å². The summed E-state index contributed by atoms with van der Waals surface area (Å²) >= 11 is 0. The number of carbonyl (C=O) groups excluding carboxylic acids is 1. The number of sulfonamides is 1. The fourth-order valence-corrected chi connectivity index (χ4v) is 5.06. The Morgan fingerprint density at radius 2 is 1.84 bits per heavy atom. The number of benzene rings is 1. The summed E-state index contributed by atoms with van der Waals surface area (Å²) in [5.74, 6) is -0.966. The monoisotopic (exact) mass is 462 g/mol. The second kappa shape index (κ2) is 8.79. The lowest BCUT2D eigenvalue weighted by molar-refractivity contribution is -0.121. The lowest BCUT2D eigenvalue weighted by Gasteiger charge is -2.30. The minimum Gasteiger partial charge on any atom is -0.401 e. The van der Waals surface area contributed by atoms with E-state index in [9.17, 15) is 17.6 Å². The van der Waals surface area contributed by atoms with E-state index in [0.29, 0.717) is 18.5 Å². The number of carbonyl (C=O) groups is 1. The van der Waals surface area contributed by atoms with Gasteiger partial charge in [0, 0.05) is 31.2 Å². The Labute approximate surface area is 184 Å². The van der Waals surface area contributed by atoms with Crippen molar-refractivity contribution in [1.82, 2.24) is 24.3 Å². The highest BCUT2D eigenvalue weighted by atomic mass is 32.2. The van der Waals surface area contributed by atoms with Gasteiger partial charge in [0.2, 0.25) is 15.9 Å². The molecular formula is C20H23FN6O4S. The molecule has 0 spiro atoms. The predicted octanol–water partition coefficient (Wildman–Crippen LogP) is 2.69. The van der Waals surface area contributed by atoms with Gasteiger partial charge < -0.3 is 4.42 Å². The van der Waals surface area contributed by atoms with E-state index in [2.05, 4.69) is 20.6 Å². The molecule has 1 aromatic carbocycles. The van der Waals surface area contributed by atoms with E-state index < -0.39 is 21.8 Å². The van der Waals surface area contributed by atoms with Gasteiger partial charge in [0.1, 0.15) is 11.5 Å². The molecule has 0 atom stereocenters. The van der Waals surface area contributed by atoms with E-state index in [1.54, 1.807) is 16.9 Å². The Balaban J connectivity index is 1.37. The SMILES string of the molecule is CC(C)n1nccc1-c1nnc(NC(=O)C2CCN(S(=O)(=O)c3ccc(F)cc3)CC2)o1. The summed E-state index contributed by atoms with van der Waals surface area (Å²) in [6.45, 7) is 4.30. The average Bonchev–Trinajstić information content (AvgIpc) is 3.43. The molecule has 0 radical (unpaired) electrons. The number of hydrogen-bond acceptors (Lipinski definition) is 7. The number of halogens is 1. The smallest absolute Gasteiger partial charge is 0.322 e. The highest BCUT2D eigenvalue weighted by Gasteiger charge is 2.32. The number of nitrogens with zero attached hydrogens (tertiary/aromatic N) is 5. The third kappa shape index (κ3) is 4.41. The Bertz CT molecular complexity index is 1200. The van der Waals surface area contributed by atoms with E-state index in [0.717, 1.165) is 12.1 Å². The number of piperidine rings is 1. The van der Waals surface area contributed by atoms with E-state index >= 15 is 0 Å². The van der Waals surface area contributed by atoms with Crippen LogP contribution < -0.4 is 5.32 Å². The molecule has 4 rings (SSSR count). The van der Waals surface area contributed by atoms with Crippen LogP contribution >= 0.6 is 0 Å². The van der Waals surface area contributed by atoms with Crippen LogP contribution in [0.4, 0.5) is 10.4 Å². The van der Waals surface area contributed by atoms with Crippen molar-refractivity contribution in [3.8, 4) is 11.6 Å². The number of anilines is 1. The van der Waals surface area contributed by atoms with Crippen LogP contribution in [-0.4, -0.2) is 51.7 Å². The molecule has 0 bridgehead atoms. The molecule has 1 amide bonds. The van der Waals surface area contributed by atoms with Gasteiger partial charge >= 0.3 is 6.01 Å². The lowest BCUT2D eigenvalue weighted by atomic mass is 9.97. The van der Waals surface area contributed by atoms with Crippen LogP contribution in [0.3, 0.4) is 0 Å². The largest absolute Gasteiger partial charge is 0.401 e. The summed E-state index contributed by atoms with van der Waals surface area (Å²) in [6.07, 6.45) is 2.31. The second-order valence-electron chi connectivity index (χ2n) is 7.79. The standard InChI is InChI=1S/C20H23FN6O4S/c1-13(2)27-17(7-10-22-27)19-24-25-20(31-19)23-18(28)14-8-11-26(12-9-14)32(29,30)16-5-3-15(21)4-6-16/h3-7,10,13-14H,8-9,11-12H2,1-2H3,(H,23,25,28). The first-order valence-corrected chi connectivity index (χ1v) is 11.6. The first kappa shape index (κ1) is 22.1. The fraction of sp³-hybridized carbons (Fsp3) is 0.400. The van der Waals surface area contributed by atoms with E-state index in [1.807, 2.05) is 13.8 Å². The average molecular weight is 463 g/mol. The van der Waals surface area contributed by atoms with Crippen molar-refractivity contribution >= 4 is 21.9 Å². The highest BCUT2D eigenvalue weighted by molar-refractivity contribution is 7.89. The van der Waals surface area contributed by atoms with E-state index in [-0.39, 0.29) is 41.8 Å². The number of hydrogen-bond donors (Lipinski definition) is 1. The van der Waals surface area contributed by atoms with Gasteiger partial charge in [-0.2, -0.15) is 9.40 Å². The molecule has 0 unspecified atom stereocenters. The van der Waals surface area contributed by atoms with E-state index in [4.69, 9.17) is 4.42 Å². The molecule has 1 aliphatic rings. The molecule has 2 aromatic heterocycles. The number of aromatic nitrogens is 4. The molecule has 32 heavy (non-hydrogen) atoms. The van der Waals surface area contributed by atoms with Crippen molar-refractivity contribution in [3.63, 3.8) is 0 Å². The van der Waals surface area contributed by atoms with Crippen LogP contribution in [0.1, 0.15) is 32.7 Å². The van der Waals surface area contributed by atoms with Gasteiger partial charge in [0.25, 0.3) is 5.89 Å². The molecule has 1 fully saturated rings. The van der Waals surface area contributed by atoms with Gasteiger partial charge in [-0.3, -0.25) is 14.8 Å². The van der Waals surface area contributed by atoms with Crippen molar-refractivity contribution in [3.05, 3.63) is 42.3 Å². The zero-order chi connectivity index (χ0) is 22.9. The van der Waals surface area contributed by atoms with Crippen LogP contribution in [0, 0.1) is 11.7 Å². The maximum atomic E-state index is 13.1. The summed E-state index contributed by atoms with van der Waals surface area (Å²) in [5.41, 5.74) is 0.646.